The first-order valence-electron chi connectivity index (χ1n) is 8.47. The Morgan fingerprint density at radius 3 is 2.24 bits per heavy atom. The summed E-state index contributed by atoms with van der Waals surface area (Å²) in [5.41, 5.74) is 3.09. The maximum Gasteiger partial charge on any atom is 1.00 e. The van der Waals surface area contributed by atoms with E-state index in [4.69, 9.17) is 0 Å². The van der Waals surface area contributed by atoms with Crippen molar-refractivity contribution >= 4 is 27.5 Å². The summed E-state index contributed by atoms with van der Waals surface area (Å²) >= 11 is 0. The van der Waals surface area contributed by atoms with E-state index >= 15 is 0 Å². The SMILES string of the molecule is O=C([O-])c1ccccc1NN=c1c(=O)ccc(=NNc2cccc(S(=O)(=O)[O-])c2)c1=O.[Na+].[Na+]. The minimum absolute atomic E-state index is 0. The van der Waals surface area contributed by atoms with Crippen molar-refractivity contribution in [2.45, 2.75) is 4.90 Å². The fourth-order valence-electron chi connectivity index (χ4n) is 2.46. The number of para-hydroxylation sites is 1. The summed E-state index contributed by atoms with van der Waals surface area (Å²) in [4.78, 5) is 35.2. The molecule has 0 spiro atoms. The van der Waals surface area contributed by atoms with Crippen molar-refractivity contribution in [3.8, 4) is 0 Å². The molecule has 2 N–H and O–H groups in total. The maximum absolute atomic E-state index is 12.5. The third-order valence-corrected chi connectivity index (χ3v) is 4.77. The molecule has 158 valence electrons. The van der Waals surface area contributed by atoms with Crippen LogP contribution >= 0.6 is 0 Å². The molecular formula is C19H12N4Na2O7S. The topological polar surface area (TPSA) is 180 Å². The van der Waals surface area contributed by atoms with Gasteiger partial charge in [-0.15, -0.1) is 0 Å². The van der Waals surface area contributed by atoms with E-state index in [0.29, 0.717) is 0 Å². The van der Waals surface area contributed by atoms with Crippen LogP contribution in [-0.4, -0.2) is 18.9 Å². The molecule has 0 aliphatic heterocycles. The van der Waals surface area contributed by atoms with Crippen LogP contribution in [0.5, 0.6) is 0 Å². The molecule has 0 bridgehead atoms. The van der Waals surface area contributed by atoms with Crippen LogP contribution in [0, 0.1) is 0 Å². The number of hydrogen-bond acceptors (Lipinski definition) is 11. The summed E-state index contributed by atoms with van der Waals surface area (Å²) in [6.07, 6.45) is 0. The Kier molecular flexibility index (Phi) is 10.8. The van der Waals surface area contributed by atoms with Crippen LogP contribution < -0.4 is 96.6 Å². The van der Waals surface area contributed by atoms with Crippen LogP contribution in [0.4, 0.5) is 11.4 Å². The van der Waals surface area contributed by atoms with Crippen LogP contribution in [0.2, 0.25) is 0 Å². The minimum Gasteiger partial charge on any atom is -0.744 e. The zero-order chi connectivity index (χ0) is 22.6. The first kappa shape index (κ1) is 28.9. The van der Waals surface area contributed by atoms with E-state index in [1.165, 1.54) is 36.4 Å². The van der Waals surface area contributed by atoms with E-state index in [2.05, 4.69) is 21.1 Å². The summed E-state index contributed by atoms with van der Waals surface area (Å²) in [6, 6.07) is 12.6. The van der Waals surface area contributed by atoms with Crippen molar-refractivity contribution in [3.63, 3.8) is 0 Å². The van der Waals surface area contributed by atoms with Crippen LogP contribution in [0.3, 0.4) is 0 Å². The van der Waals surface area contributed by atoms with E-state index in [1.807, 2.05) is 0 Å². The van der Waals surface area contributed by atoms with Crippen molar-refractivity contribution in [1.82, 2.24) is 0 Å². The van der Waals surface area contributed by atoms with Crippen LogP contribution in [0.1, 0.15) is 10.4 Å². The fourth-order valence-corrected chi connectivity index (χ4v) is 2.97. The monoisotopic (exact) mass is 486 g/mol. The van der Waals surface area contributed by atoms with Crippen molar-refractivity contribution in [3.05, 3.63) is 97.4 Å². The number of carbonyl (C=O) groups is 1. The number of nitrogens with one attached hydrogen (secondary N) is 2. The molecule has 0 aliphatic rings. The molecule has 11 nitrogen and oxygen atoms in total. The van der Waals surface area contributed by atoms with Crippen molar-refractivity contribution in [1.29, 1.82) is 0 Å². The molecule has 3 rings (SSSR count). The third kappa shape index (κ3) is 7.42. The Bertz CT molecular complexity index is 1500. The number of anilines is 2. The molecule has 0 amide bonds. The van der Waals surface area contributed by atoms with Gasteiger partial charge < -0.3 is 14.5 Å². The number of benzene rings is 3. The zero-order valence-corrected chi connectivity index (χ0v) is 22.3. The molecule has 14 heteroatoms. The third-order valence-electron chi connectivity index (χ3n) is 3.94. The molecule has 3 aromatic rings. The van der Waals surface area contributed by atoms with Gasteiger partial charge in [-0.2, -0.15) is 10.2 Å². The smallest absolute Gasteiger partial charge is 0.744 e. The minimum atomic E-state index is -4.68. The Balaban J connectivity index is 0.00000272. The summed E-state index contributed by atoms with van der Waals surface area (Å²) in [5, 5.41) is 17.9. The van der Waals surface area contributed by atoms with Gasteiger partial charge in [0.05, 0.1) is 22.2 Å². The molecule has 0 heterocycles. The maximum atomic E-state index is 12.5. The molecule has 0 aromatic heterocycles. The number of carboxylic acid groups (broad SMARTS) is 1. The first-order chi connectivity index (χ1) is 14.7. The van der Waals surface area contributed by atoms with Gasteiger partial charge in [-0.25, -0.2) is 8.42 Å². The molecule has 0 radical (unpaired) electrons. The molecule has 0 fully saturated rings. The zero-order valence-electron chi connectivity index (χ0n) is 17.4. The van der Waals surface area contributed by atoms with Gasteiger partial charge in [0.25, 0.3) is 0 Å². The Hall–Kier alpha value is -2.16. The predicted octanol–water partition coefficient (Wildman–Crippen LogP) is -7.59. The first-order valence-corrected chi connectivity index (χ1v) is 9.88. The van der Waals surface area contributed by atoms with E-state index in [0.717, 1.165) is 24.3 Å². The van der Waals surface area contributed by atoms with Crippen LogP contribution in [0.25, 0.3) is 0 Å². The van der Waals surface area contributed by atoms with Gasteiger partial charge in [0.1, 0.15) is 15.5 Å². The van der Waals surface area contributed by atoms with Gasteiger partial charge in [-0.05, 0) is 36.4 Å². The van der Waals surface area contributed by atoms with Crippen molar-refractivity contribution in [2.75, 3.05) is 10.9 Å². The van der Waals surface area contributed by atoms with Gasteiger partial charge >= 0.3 is 59.1 Å². The van der Waals surface area contributed by atoms with Crippen LogP contribution in [0.15, 0.2) is 85.4 Å². The number of carbonyl (C=O) groups excluding carboxylic acids is 1. The Morgan fingerprint density at radius 2 is 1.58 bits per heavy atom. The Morgan fingerprint density at radius 1 is 0.879 bits per heavy atom. The molecule has 3 aromatic carbocycles. The molecular weight excluding hydrogens is 474 g/mol. The second kappa shape index (κ2) is 12.3. The standard InChI is InChI=1S/C19H14N4O7S.2Na/c24-16-9-8-15(22-20-11-4-3-5-12(10-11)31(28,29)30)18(25)17(16)23-21-14-7-2-1-6-13(14)19(26)27;;/h1-10,20-21H,(H,26,27)(H,28,29,30);;/q;2*+1/p-2. The summed E-state index contributed by atoms with van der Waals surface area (Å²) in [7, 11) is -4.68. The number of rotatable bonds is 6. The average Bonchev–Trinajstić information content (AvgIpc) is 2.73. The summed E-state index contributed by atoms with van der Waals surface area (Å²) in [6.45, 7) is 0. The molecule has 0 unspecified atom stereocenters. The quantitative estimate of drug-likeness (QED) is 0.194. The normalized spacial score (nSPS) is 11.8. The number of aromatic carboxylic acids is 1. The van der Waals surface area contributed by atoms with Gasteiger partial charge in [0.15, 0.2) is 5.36 Å². The summed E-state index contributed by atoms with van der Waals surface area (Å²) < 4.78 is 33.3. The van der Waals surface area contributed by atoms with E-state index in [-0.39, 0.29) is 81.4 Å². The second-order valence-electron chi connectivity index (χ2n) is 6.02. The average molecular weight is 486 g/mol. The van der Waals surface area contributed by atoms with E-state index < -0.39 is 37.2 Å². The number of carboxylic acids is 1. The number of hydrogen-bond donors (Lipinski definition) is 2. The van der Waals surface area contributed by atoms with Crippen molar-refractivity contribution < 1.29 is 82.0 Å². The molecule has 0 saturated heterocycles. The molecule has 0 aliphatic carbocycles. The molecule has 33 heavy (non-hydrogen) atoms. The fraction of sp³-hybridized carbons (Fsp3) is 0. The predicted molar refractivity (Wildman–Crippen MR) is 105 cm³/mol. The van der Waals surface area contributed by atoms with E-state index in [1.54, 1.807) is 0 Å². The molecule has 0 saturated carbocycles. The van der Waals surface area contributed by atoms with E-state index in [9.17, 15) is 32.5 Å². The van der Waals surface area contributed by atoms with Gasteiger partial charge in [0.2, 0.25) is 10.9 Å². The second-order valence-corrected chi connectivity index (χ2v) is 7.40. The summed E-state index contributed by atoms with van der Waals surface area (Å²) in [5.74, 6) is -1.47. The van der Waals surface area contributed by atoms with Crippen molar-refractivity contribution in [2.24, 2.45) is 10.2 Å². The van der Waals surface area contributed by atoms with Gasteiger partial charge in [0, 0.05) is 5.56 Å². The number of nitrogens with zero attached hydrogens (tertiary/aromatic N) is 2. The van der Waals surface area contributed by atoms with Crippen LogP contribution in [-0.2, 0) is 10.1 Å². The molecule has 0 atom stereocenters. The Labute approximate surface area is 230 Å². The van der Waals surface area contributed by atoms with Gasteiger partial charge in [-0.3, -0.25) is 20.4 Å². The van der Waals surface area contributed by atoms with Gasteiger partial charge in [-0.1, -0.05) is 24.3 Å². The largest absolute Gasteiger partial charge is 1.00 e.